The smallest absolute Gasteiger partial charge is 0.414 e. The highest BCUT2D eigenvalue weighted by Crippen LogP contribution is 2.27. The maximum atomic E-state index is 11.5. The zero-order valence-electron chi connectivity index (χ0n) is 7.98. The lowest BCUT2D eigenvalue weighted by atomic mass is 10.1. The summed E-state index contributed by atoms with van der Waals surface area (Å²) in [6.07, 6.45) is -5.25. The molecule has 0 bridgehead atoms. The van der Waals surface area contributed by atoms with E-state index in [0.29, 0.717) is 0 Å². The van der Waals surface area contributed by atoms with Crippen LogP contribution in [0.1, 0.15) is 13.3 Å². The summed E-state index contributed by atoms with van der Waals surface area (Å²) in [5.74, 6) is -6.83. The van der Waals surface area contributed by atoms with Crippen LogP contribution in [0.4, 0.5) is 13.2 Å². The average Bonchev–Trinajstić information content (AvgIpc) is 2.01. The van der Waals surface area contributed by atoms with Crippen molar-refractivity contribution in [2.45, 2.75) is 19.5 Å². The number of carboxylic acids is 3. The second-order valence-corrected chi connectivity index (χ2v) is 2.65. The van der Waals surface area contributed by atoms with Gasteiger partial charge >= 0.3 is 24.1 Å². The monoisotopic (exact) mass is 246 g/mol. The van der Waals surface area contributed by atoms with E-state index in [4.69, 9.17) is 24.9 Å². The minimum absolute atomic E-state index is 0.841. The van der Waals surface area contributed by atoms with Crippen LogP contribution in [0.15, 0.2) is 0 Å². The highest BCUT2D eigenvalue weighted by Gasteiger charge is 2.36. The summed E-state index contributed by atoms with van der Waals surface area (Å²) in [5.41, 5.74) is 0. The van der Waals surface area contributed by atoms with E-state index >= 15 is 0 Å². The molecule has 0 spiro atoms. The van der Waals surface area contributed by atoms with Crippen LogP contribution in [0.2, 0.25) is 0 Å². The Labute approximate surface area is 87.3 Å². The van der Waals surface area contributed by atoms with E-state index in [9.17, 15) is 18.0 Å². The van der Waals surface area contributed by atoms with Gasteiger partial charge in [-0.25, -0.2) is 9.59 Å². The van der Waals surface area contributed by atoms with E-state index in [-0.39, 0.29) is 0 Å². The first-order valence-corrected chi connectivity index (χ1v) is 3.73. The summed E-state index contributed by atoms with van der Waals surface area (Å²) < 4.78 is 34.6. The first-order chi connectivity index (χ1) is 6.98. The molecular formula is C7H9F3O6. The minimum atomic E-state index is -4.39. The van der Waals surface area contributed by atoms with Gasteiger partial charge in [0.05, 0.1) is 12.3 Å². The first-order valence-electron chi connectivity index (χ1n) is 3.73. The number of aliphatic carboxylic acids is 3. The van der Waals surface area contributed by atoms with E-state index in [1.165, 1.54) is 0 Å². The number of carbonyl (C=O) groups is 3. The molecule has 0 saturated carbocycles. The van der Waals surface area contributed by atoms with Crippen LogP contribution in [0.25, 0.3) is 0 Å². The first kappa shape index (κ1) is 16.6. The van der Waals surface area contributed by atoms with Gasteiger partial charge < -0.3 is 15.3 Å². The summed E-state index contributed by atoms with van der Waals surface area (Å²) in [7, 11) is 0. The lowest BCUT2D eigenvalue weighted by Gasteiger charge is -2.11. The molecule has 0 rings (SSSR count). The fourth-order valence-corrected chi connectivity index (χ4v) is 0.378. The van der Waals surface area contributed by atoms with Crippen molar-refractivity contribution in [3.05, 3.63) is 0 Å². The molecule has 0 aliphatic rings. The Morgan fingerprint density at radius 2 is 1.38 bits per heavy atom. The molecule has 3 N–H and O–H groups in total. The lowest BCUT2D eigenvalue weighted by Crippen LogP contribution is -2.22. The Hall–Kier alpha value is -1.80. The summed E-state index contributed by atoms with van der Waals surface area (Å²) in [5, 5.41) is 22.7. The predicted octanol–water partition coefficient (Wildman–Crippen LogP) is 0.815. The van der Waals surface area contributed by atoms with Crippen molar-refractivity contribution in [1.29, 1.82) is 0 Å². The molecular weight excluding hydrogens is 237 g/mol. The largest absolute Gasteiger partial charge is 0.481 e. The van der Waals surface area contributed by atoms with Crippen LogP contribution >= 0.6 is 0 Å². The normalized spacial score (nSPS) is 12.0. The summed E-state index contributed by atoms with van der Waals surface area (Å²) >= 11 is 0. The van der Waals surface area contributed by atoms with Gasteiger partial charge in [-0.05, 0) is 0 Å². The highest BCUT2D eigenvalue weighted by atomic mass is 19.4. The van der Waals surface area contributed by atoms with Crippen molar-refractivity contribution >= 4 is 17.9 Å². The molecule has 0 fully saturated rings. The molecule has 0 saturated heterocycles. The Balaban J connectivity index is 0. The molecule has 1 atom stereocenters. The second-order valence-electron chi connectivity index (χ2n) is 2.65. The van der Waals surface area contributed by atoms with Gasteiger partial charge in [0.1, 0.15) is 0 Å². The number of halogens is 3. The van der Waals surface area contributed by atoms with Gasteiger partial charge in [-0.15, -0.1) is 0 Å². The van der Waals surface area contributed by atoms with Crippen molar-refractivity contribution in [3.8, 4) is 0 Å². The van der Waals surface area contributed by atoms with Crippen molar-refractivity contribution in [3.63, 3.8) is 0 Å². The molecule has 16 heavy (non-hydrogen) atoms. The van der Waals surface area contributed by atoms with Gasteiger partial charge in [0.25, 0.3) is 0 Å². The van der Waals surface area contributed by atoms with Crippen molar-refractivity contribution in [2.24, 2.45) is 5.92 Å². The molecule has 0 aliphatic carbocycles. The summed E-state index contributed by atoms with van der Waals surface area (Å²) in [6.45, 7) is 0.841. The number of alkyl halides is 3. The minimum Gasteiger partial charge on any atom is -0.481 e. The lowest BCUT2D eigenvalue weighted by molar-refractivity contribution is -0.178. The van der Waals surface area contributed by atoms with Crippen LogP contribution in [0.5, 0.6) is 0 Å². The molecule has 0 amide bonds. The van der Waals surface area contributed by atoms with Gasteiger partial charge in [-0.2, -0.15) is 13.2 Å². The van der Waals surface area contributed by atoms with Crippen molar-refractivity contribution in [2.75, 3.05) is 0 Å². The molecule has 0 heterocycles. The van der Waals surface area contributed by atoms with Gasteiger partial charge in [0, 0.05) is 0 Å². The van der Waals surface area contributed by atoms with E-state index in [1.54, 1.807) is 0 Å². The van der Waals surface area contributed by atoms with Crippen LogP contribution in [-0.2, 0) is 14.4 Å². The Morgan fingerprint density at radius 1 is 1.06 bits per heavy atom. The topological polar surface area (TPSA) is 112 Å². The van der Waals surface area contributed by atoms with Crippen molar-refractivity contribution in [1.82, 2.24) is 0 Å². The molecule has 0 aromatic carbocycles. The van der Waals surface area contributed by atoms with Gasteiger partial charge in [-0.3, -0.25) is 4.79 Å². The molecule has 0 aliphatic heterocycles. The summed E-state index contributed by atoms with van der Waals surface area (Å²) in [6, 6.07) is 0. The average molecular weight is 246 g/mol. The molecule has 6 nitrogen and oxygen atoms in total. The van der Waals surface area contributed by atoms with Crippen LogP contribution < -0.4 is 0 Å². The van der Waals surface area contributed by atoms with E-state index in [0.717, 1.165) is 6.92 Å². The molecule has 9 heteroatoms. The third-order valence-corrected chi connectivity index (χ3v) is 1.22. The van der Waals surface area contributed by atoms with Crippen LogP contribution in [0, 0.1) is 5.92 Å². The molecule has 0 aromatic rings. The fraction of sp³-hybridized carbons (Fsp3) is 0.571. The number of rotatable bonds is 2. The van der Waals surface area contributed by atoms with E-state index < -0.39 is 36.4 Å². The molecule has 94 valence electrons. The zero-order valence-corrected chi connectivity index (χ0v) is 7.98. The predicted molar refractivity (Wildman–Crippen MR) is 42.7 cm³/mol. The Morgan fingerprint density at radius 3 is 1.44 bits per heavy atom. The van der Waals surface area contributed by atoms with Crippen LogP contribution in [0.3, 0.4) is 0 Å². The second kappa shape index (κ2) is 6.64. The fourth-order valence-electron chi connectivity index (χ4n) is 0.378. The molecule has 0 aromatic heterocycles. The Bertz CT molecular complexity index is 260. The van der Waals surface area contributed by atoms with E-state index in [1.807, 2.05) is 0 Å². The zero-order chi connectivity index (χ0) is 13.5. The number of hydrogen-bond donors (Lipinski definition) is 3. The van der Waals surface area contributed by atoms with Crippen molar-refractivity contribution < 1.29 is 42.9 Å². The molecule has 0 radical (unpaired) electrons. The van der Waals surface area contributed by atoms with Gasteiger partial charge in [0.15, 0.2) is 0 Å². The van der Waals surface area contributed by atoms with Crippen LogP contribution in [-0.4, -0.2) is 39.4 Å². The summed E-state index contributed by atoms with van der Waals surface area (Å²) in [4.78, 5) is 28.0. The number of carboxylic acid groups (broad SMARTS) is 3. The standard InChI is InChI=1S/C5H7F3O2.C2H2O4/c1-3(2-4(9)10)5(6,7)8;3-1(4)2(5)6/h3H,2H2,1H3,(H,9,10);(H,3,4)(H,5,6). The quantitative estimate of drug-likeness (QED) is 0.621. The third kappa shape index (κ3) is 10.3. The highest BCUT2D eigenvalue weighted by molar-refractivity contribution is 6.27. The Kier molecular flexibility index (Phi) is 6.90. The van der Waals surface area contributed by atoms with Gasteiger partial charge in [-0.1, -0.05) is 6.92 Å². The van der Waals surface area contributed by atoms with Gasteiger partial charge in [0.2, 0.25) is 0 Å². The maximum absolute atomic E-state index is 11.5. The number of hydrogen-bond acceptors (Lipinski definition) is 3. The maximum Gasteiger partial charge on any atom is 0.414 e. The van der Waals surface area contributed by atoms with E-state index in [2.05, 4.69) is 0 Å². The molecule has 1 unspecified atom stereocenters. The third-order valence-electron chi connectivity index (χ3n) is 1.22. The SMILES string of the molecule is CC(CC(=O)O)C(F)(F)F.O=C(O)C(=O)O.